The molecule has 1 atom stereocenters. The smallest absolute Gasteiger partial charge is 0.310 e. The SMILES string of the molecule is CCCCCCCCC(C(=O)O)c1ccc(-c2ccccc2)cc1. The lowest BCUT2D eigenvalue weighted by molar-refractivity contribution is -0.139. The summed E-state index contributed by atoms with van der Waals surface area (Å²) >= 11 is 0. The minimum Gasteiger partial charge on any atom is -0.481 e. The van der Waals surface area contributed by atoms with E-state index in [9.17, 15) is 9.90 Å². The molecule has 0 saturated heterocycles. The molecule has 0 aliphatic heterocycles. The second-order valence-corrected chi connectivity index (χ2v) is 6.44. The third-order valence-electron chi connectivity index (χ3n) is 4.56. The lowest BCUT2D eigenvalue weighted by Gasteiger charge is -2.13. The number of rotatable bonds is 10. The van der Waals surface area contributed by atoms with Crippen molar-refractivity contribution in [3.63, 3.8) is 0 Å². The minimum atomic E-state index is -0.712. The number of carbonyl (C=O) groups is 1. The molecule has 128 valence electrons. The van der Waals surface area contributed by atoms with Crippen LogP contribution in [0.15, 0.2) is 54.6 Å². The topological polar surface area (TPSA) is 37.3 Å². The third-order valence-corrected chi connectivity index (χ3v) is 4.56. The van der Waals surface area contributed by atoms with Crippen molar-refractivity contribution in [3.8, 4) is 11.1 Å². The molecular weight excluding hydrogens is 296 g/mol. The van der Waals surface area contributed by atoms with Crippen LogP contribution in [0, 0.1) is 0 Å². The van der Waals surface area contributed by atoms with Crippen molar-refractivity contribution < 1.29 is 9.90 Å². The lowest BCUT2D eigenvalue weighted by Crippen LogP contribution is -2.11. The third kappa shape index (κ3) is 5.52. The second kappa shape index (κ2) is 9.92. The van der Waals surface area contributed by atoms with Crippen molar-refractivity contribution in [3.05, 3.63) is 60.2 Å². The fraction of sp³-hybridized carbons (Fsp3) is 0.409. The van der Waals surface area contributed by atoms with Gasteiger partial charge in [0.25, 0.3) is 0 Å². The molecule has 2 rings (SSSR count). The van der Waals surface area contributed by atoms with Crippen molar-refractivity contribution in [1.29, 1.82) is 0 Å². The number of carboxylic acids is 1. The van der Waals surface area contributed by atoms with E-state index in [-0.39, 0.29) is 5.92 Å². The van der Waals surface area contributed by atoms with Crippen LogP contribution in [0.5, 0.6) is 0 Å². The highest BCUT2D eigenvalue weighted by Crippen LogP contribution is 2.26. The van der Waals surface area contributed by atoms with Gasteiger partial charge in [0.05, 0.1) is 5.92 Å². The average Bonchev–Trinajstić information content (AvgIpc) is 2.62. The van der Waals surface area contributed by atoms with Gasteiger partial charge in [-0.25, -0.2) is 0 Å². The maximum Gasteiger partial charge on any atom is 0.310 e. The maximum atomic E-state index is 11.6. The van der Waals surface area contributed by atoms with Gasteiger partial charge >= 0.3 is 5.97 Å². The van der Waals surface area contributed by atoms with Gasteiger partial charge in [-0.1, -0.05) is 100 Å². The Balaban J connectivity index is 1.94. The predicted octanol–water partition coefficient (Wildman–Crippen LogP) is 6.27. The Morgan fingerprint density at radius 3 is 2.04 bits per heavy atom. The highest BCUT2D eigenvalue weighted by Gasteiger charge is 2.19. The molecule has 1 unspecified atom stereocenters. The zero-order valence-electron chi connectivity index (χ0n) is 14.6. The van der Waals surface area contributed by atoms with E-state index < -0.39 is 5.97 Å². The zero-order chi connectivity index (χ0) is 17.2. The molecule has 0 aliphatic rings. The van der Waals surface area contributed by atoms with E-state index in [0.717, 1.165) is 36.0 Å². The fourth-order valence-electron chi connectivity index (χ4n) is 3.10. The predicted molar refractivity (Wildman–Crippen MR) is 100 cm³/mol. The van der Waals surface area contributed by atoms with Gasteiger partial charge < -0.3 is 5.11 Å². The van der Waals surface area contributed by atoms with E-state index in [1.807, 2.05) is 42.5 Å². The zero-order valence-corrected chi connectivity index (χ0v) is 14.6. The maximum absolute atomic E-state index is 11.6. The summed E-state index contributed by atoms with van der Waals surface area (Å²) in [4.78, 5) is 11.6. The van der Waals surface area contributed by atoms with E-state index in [0.29, 0.717) is 0 Å². The molecule has 0 aliphatic carbocycles. The van der Waals surface area contributed by atoms with E-state index >= 15 is 0 Å². The first-order valence-corrected chi connectivity index (χ1v) is 9.10. The molecule has 0 saturated carbocycles. The number of benzene rings is 2. The summed E-state index contributed by atoms with van der Waals surface area (Å²) in [6, 6.07) is 18.2. The molecule has 0 heterocycles. The van der Waals surface area contributed by atoms with Gasteiger partial charge in [0.2, 0.25) is 0 Å². The summed E-state index contributed by atoms with van der Waals surface area (Å²) in [5.74, 6) is -1.10. The summed E-state index contributed by atoms with van der Waals surface area (Å²) in [6.45, 7) is 2.21. The van der Waals surface area contributed by atoms with E-state index in [2.05, 4.69) is 19.1 Å². The van der Waals surface area contributed by atoms with E-state index in [4.69, 9.17) is 0 Å². The molecule has 2 nitrogen and oxygen atoms in total. The van der Waals surface area contributed by atoms with Gasteiger partial charge in [-0.3, -0.25) is 4.79 Å². The summed E-state index contributed by atoms with van der Waals surface area (Å²) in [5, 5.41) is 9.55. The Labute approximate surface area is 145 Å². The molecule has 0 radical (unpaired) electrons. The van der Waals surface area contributed by atoms with Crippen LogP contribution in [0.25, 0.3) is 11.1 Å². The van der Waals surface area contributed by atoms with Crippen LogP contribution >= 0.6 is 0 Å². The first-order chi connectivity index (χ1) is 11.7. The number of carboxylic acid groups (broad SMARTS) is 1. The molecule has 0 aromatic heterocycles. The second-order valence-electron chi connectivity index (χ2n) is 6.44. The van der Waals surface area contributed by atoms with Crippen molar-refractivity contribution >= 4 is 5.97 Å². The molecule has 0 fully saturated rings. The van der Waals surface area contributed by atoms with Gasteiger partial charge in [0.1, 0.15) is 0 Å². The van der Waals surface area contributed by atoms with Gasteiger partial charge in [-0.2, -0.15) is 0 Å². The molecule has 0 amide bonds. The van der Waals surface area contributed by atoms with Crippen molar-refractivity contribution in [2.45, 2.75) is 57.8 Å². The normalized spacial score (nSPS) is 12.0. The van der Waals surface area contributed by atoms with Gasteiger partial charge in [-0.15, -0.1) is 0 Å². The largest absolute Gasteiger partial charge is 0.481 e. The monoisotopic (exact) mass is 324 g/mol. The van der Waals surface area contributed by atoms with Crippen molar-refractivity contribution in [2.75, 3.05) is 0 Å². The minimum absolute atomic E-state index is 0.388. The van der Waals surface area contributed by atoms with E-state index in [1.165, 1.54) is 25.7 Å². The molecule has 2 heteroatoms. The summed E-state index contributed by atoms with van der Waals surface area (Å²) in [5.41, 5.74) is 3.20. The highest BCUT2D eigenvalue weighted by molar-refractivity contribution is 5.76. The first-order valence-electron chi connectivity index (χ1n) is 9.10. The average molecular weight is 324 g/mol. The van der Waals surface area contributed by atoms with Crippen LogP contribution in [0.1, 0.15) is 63.4 Å². The Bertz CT molecular complexity index is 602. The number of unbranched alkanes of at least 4 members (excludes halogenated alkanes) is 5. The van der Waals surface area contributed by atoms with Gasteiger partial charge in [-0.05, 0) is 23.1 Å². The molecule has 2 aromatic rings. The van der Waals surface area contributed by atoms with Crippen LogP contribution in [-0.4, -0.2) is 11.1 Å². The highest BCUT2D eigenvalue weighted by atomic mass is 16.4. The quantitative estimate of drug-likeness (QED) is 0.523. The van der Waals surface area contributed by atoms with Crippen LogP contribution < -0.4 is 0 Å². The molecular formula is C22H28O2. The number of hydrogen-bond donors (Lipinski definition) is 1. The van der Waals surface area contributed by atoms with Crippen LogP contribution in [-0.2, 0) is 4.79 Å². The van der Waals surface area contributed by atoms with Crippen molar-refractivity contribution in [2.24, 2.45) is 0 Å². The van der Waals surface area contributed by atoms with Crippen LogP contribution in [0.2, 0.25) is 0 Å². The van der Waals surface area contributed by atoms with Gasteiger partial charge in [0.15, 0.2) is 0 Å². The summed E-state index contributed by atoms with van der Waals surface area (Å²) < 4.78 is 0. The van der Waals surface area contributed by atoms with Crippen LogP contribution in [0.4, 0.5) is 0 Å². The molecule has 0 spiro atoms. The standard InChI is InChI=1S/C22H28O2/c1-2-3-4-5-6-10-13-21(22(23)24)20-16-14-19(15-17-20)18-11-8-7-9-12-18/h7-9,11-12,14-17,21H,2-6,10,13H2,1H3,(H,23,24). The Morgan fingerprint density at radius 1 is 0.833 bits per heavy atom. The summed E-state index contributed by atoms with van der Waals surface area (Å²) in [7, 11) is 0. The van der Waals surface area contributed by atoms with E-state index in [1.54, 1.807) is 0 Å². The lowest BCUT2D eigenvalue weighted by atomic mass is 9.91. The Kier molecular flexibility index (Phi) is 7.54. The molecule has 1 N–H and O–H groups in total. The number of aliphatic carboxylic acids is 1. The molecule has 2 aromatic carbocycles. The number of hydrogen-bond acceptors (Lipinski definition) is 1. The fourth-order valence-corrected chi connectivity index (χ4v) is 3.10. The first kappa shape index (κ1) is 18.3. The Hall–Kier alpha value is -2.09. The summed E-state index contributed by atoms with van der Waals surface area (Å²) in [6.07, 6.45) is 7.85. The molecule has 24 heavy (non-hydrogen) atoms. The van der Waals surface area contributed by atoms with Crippen molar-refractivity contribution in [1.82, 2.24) is 0 Å². The molecule has 0 bridgehead atoms. The van der Waals surface area contributed by atoms with Gasteiger partial charge in [0, 0.05) is 0 Å². The Morgan fingerprint density at radius 2 is 1.42 bits per heavy atom. The van der Waals surface area contributed by atoms with Crippen LogP contribution in [0.3, 0.4) is 0 Å².